The molecule has 0 amide bonds. The van der Waals surface area contributed by atoms with Crippen molar-refractivity contribution >= 4 is 0 Å². The first-order valence-corrected chi connectivity index (χ1v) is 6.64. The number of likely N-dealkylation sites (tertiary alicyclic amines) is 1. The summed E-state index contributed by atoms with van der Waals surface area (Å²) in [5.74, 6) is 0.738. The molecule has 88 valence electrons. The second-order valence-corrected chi connectivity index (χ2v) is 5.61. The van der Waals surface area contributed by atoms with E-state index in [0.717, 1.165) is 18.4 Å². The van der Waals surface area contributed by atoms with Gasteiger partial charge in [0.15, 0.2) is 0 Å². The summed E-state index contributed by atoms with van der Waals surface area (Å²) >= 11 is 0. The van der Waals surface area contributed by atoms with E-state index in [2.05, 4.69) is 18.7 Å². The predicted octanol–water partition coefficient (Wildman–Crippen LogP) is 2.41. The molecule has 3 atom stereocenters. The van der Waals surface area contributed by atoms with Crippen LogP contribution in [-0.2, 0) is 0 Å². The summed E-state index contributed by atoms with van der Waals surface area (Å²) in [5, 5.41) is 10.1. The van der Waals surface area contributed by atoms with E-state index in [1.54, 1.807) is 0 Å². The molecule has 1 heterocycles. The first-order valence-electron chi connectivity index (χ1n) is 6.64. The Morgan fingerprint density at radius 1 is 1.07 bits per heavy atom. The number of aliphatic hydroxyl groups excluding tert-OH is 1. The van der Waals surface area contributed by atoms with Gasteiger partial charge in [0.25, 0.3) is 0 Å². The Morgan fingerprint density at radius 3 is 2.47 bits per heavy atom. The van der Waals surface area contributed by atoms with Gasteiger partial charge in [-0.05, 0) is 38.1 Å². The molecule has 1 saturated carbocycles. The van der Waals surface area contributed by atoms with Crippen molar-refractivity contribution in [2.45, 2.75) is 70.6 Å². The molecule has 1 saturated heterocycles. The summed E-state index contributed by atoms with van der Waals surface area (Å²) < 4.78 is 0. The molecule has 1 unspecified atom stereocenters. The smallest absolute Gasteiger partial charge is 0.0695 e. The SMILES string of the molecule is CC(C)C1CCCN1[C@H]1CCCC[C@@H]1O. The zero-order valence-electron chi connectivity index (χ0n) is 10.2. The Balaban J connectivity index is 2.01. The van der Waals surface area contributed by atoms with Crippen LogP contribution in [0.25, 0.3) is 0 Å². The zero-order chi connectivity index (χ0) is 10.8. The maximum absolute atomic E-state index is 10.1. The quantitative estimate of drug-likeness (QED) is 0.758. The molecule has 1 aliphatic heterocycles. The summed E-state index contributed by atoms with van der Waals surface area (Å²) in [5.41, 5.74) is 0. The highest BCUT2D eigenvalue weighted by atomic mass is 16.3. The second-order valence-electron chi connectivity index (χ2n) is 5.61. The van der Waals surface area contributed by atoms with Crippen molar-refractivity contribution in [1.29, 1.82) is 0 Å². The lowest BCUT2D eigenvalue weighted by molar-refractivity contribution is 0.00528. The zero-order valence-corrected chi connectivity index (χ0v) is 10.2. The standard InChI is InChI=1S/C13H25NO/c1-10(2)11-7-5-9-14(11)12-6-3-4-8-13(12)15/h10-13,15H,3-9H2,1-2H3/t11?,12-,13-/m0/s1. The molecule has 0 aromatic rings. The van der Waals surface area contributed by atoms with Crippen LogP contribution in [0.3, 0.4) is 0 Å². The maximum atomic E-state index is 10.1. The number of aliphatic hydroxyl groups is 1. The lowest BCUT2D eigenvalue weighted by Crippen LogP contribution is -2.49. The maximum Gasteiger partial charge on any atom is 0.0695 e. The van der Waals surface area contributed by atoms with Crippen molar-refractivity contribution < 1.29 is 5.11 Å². The van der Waals surface area contributed by atoms with Crippen LogP contribution in [0.2, 0.25) is 0 Å². The molecule has 0 aromatic carbocycles. The highest BCUT2D eigenvalue weighted by molar-refractivity contribution is 4.91. The second kappa shape index (κ2) is 4.84. The minimum Gasteiger partial charge on any atom is -0.391 e. The van der Waals surface area contributed by atoms with Crippen molar-refractivity contribution in [3.8, 4) is 0 Å². The van der Waals surface area contributed by atoms with E-state index in [9.17, 15) is 5.11 Å². The molecular weight excluding hydrogens is 186 g/mol. The molecule has 0 radical (unpaired) electrons. The first kappa shape index (κ1) is 11.4. The van der Waals surface area contributed by atoms with Crippen molar-refractivity contribution in [1.82, 2.24) is 4.90 Å². The van der Waals surface area contributed by atoms with Crippen LogP contribution < -0.4 is 0 Å². The fourth-order valence-corrected chi connectivity index (χ4v) is 3.42. The number of nitrogens with zero attached hydrogens (tertiary/aromatic N) is 1. The van der Waals surface area contributed by atoms with E-state index < -0.39 is 0 Å². The van der Waals surface area contributed by atoms with Gasteiger partial charge in [-0.25, -0.2) is 0 Å². The summed E-state index contributed by atoms with van der Waals surface area (Å²) in [4.78, 5) is 2.61. The average molecular weight is 211 g/mol. The van der Waals surface area contributed by atoms with Crippen LogP contribution in [0.1, 0.15) is 52.4 Å². The Bertz CT molecular complexity index is 205. The highest BCUT2D eigenvalue weighted by Gasteiger charge is 2.36. The van der Waals surface area contributed by atoms with E-state index >= 15 is 0 Å². The molecule has 2 nitrogen and oxygen atoms in total. The Morgan fingerprint density at radius 2 is 1.80 bits per heavy atom. The number of hydrogen-bond acceptors (Lipinski definition) is 2. The van der Waals surface area contributed by atoms with Gasteiger partial charge in [0, 0.05) is 12.1 Å². The van der Waals surface area contributed by atoms with Gasteiger partial charge < -0.3 is 5.11 Å². The van der Waals surface area contributed by atoms with E-state index in [1.807, 2.05) is 0 Å². The van der Waals surface area contributed by atoms with Crippen LogP contribution in [0, 0.1) is 5.92 Å². The van der Waals surface area contributed by atoms with Crippen LogP contribution in [0.4, 0.5) is 0 Å². The molecule has 2 heteroatoms. The van der Waals surface area contributed by atoms with Crippen LogP contribution in [0.15, 0.2) is 0 Å². The monoisotopic (exact) mass is 211 g/mol. The van der Waals surface area contributed by atoms with E-state index in [1.165, 1.54) is 38.6 Å². The summed E-state index contributed by atoms with van der Waals surface area (Å²) in [6.07, 6.45) is 7.36. The molecule has 15 heavy (non-hydrogen) atoms. The van der Waals surface area contributed by atoms with Crippen molar-refractivity contribution in [2.75, 3.05) is 6.54 Å². The van der Waals surface area contributed by atoms with Gasteiger partial charge in [0.1, 0.15) is 0 Å². The first-order chi connectivity index (χ1) is 7.20. The predicted molar refractivity (Wildman–Crippen MR) is 62.8 cm³/mol. The van der Waals surface area contributed by atoms with E-state index in [4.69, 9.17) is 0 Å². The van der Waals surface area contributed by atoms with Gasteiger partial charge in [0.05, 0.1) is 6.10 Å². The normalized spacial score (nSPS) is 38.8. The van der Waals surface area contributed by atoms with Gasteiger partial charge in [0.2, 0.25) is 0 Å². The summed E-state index contributed by atoms with van der Waals surface area (Å²) in [7, 11) is 0. The van der Waals surface area contributed by atoms with E-state index in [-0.39, 0.29) is 6.10 Å². The van der Waals surface area contributed by atoms with Crippen molar-refractivity contribution in [3.63, 3.8) is 0 Å². The topological polar surface area (TPSA) is 23.5 Å². The molecule has 1 N–H and O–H groups in total. The molecule has 2 aliphatic rings. The molecular formula is C13H25NO. The van der Waals surface area contributed by atoms with Gasteiger partial charge in [-0.1, -0.05) is 26.7 Å². The fourth-order valence-electron chi connectivity index (χ4n) is 3.42. The average Bonchev–Trinajstić information content (AvgIpc) is 2.67. The minimum absolute atomic E-state index is 0.0573. The lowest BCUT2D eigenvalue weighted by atomic mass is 9.89. The summed E-state index contributed by atoms with van der Waals surface area (Å²) in [6, 6.07) is 1.19. The fraction of sp³-hybridized carbons (Fsp3) is 1.00. The molecule has 0 bridgehead atoms. The third kappa shape index (κ3) is 2.36. The Kier molecular flexibility index (Phi) is 3.68. The lowest BCUT2D eigenvalue weighted by Gasteiger charge is -2.40. The van der Waals surface area contributed by atoms with Crippen LogP contribution in [-0.4, -0.2) is 34.7 Å². The number of hydrogen-bond donors (Lipinski definition) is 1. The van der Waals surface area contributed by atoms with Gasteiger partial charge in [-0.15, -0.1) is 0 Å². The highest BCUT2D eigenvalue weighted by Crippen LogP contribution is 2.32. The minimum atomic E-state index is -0.0573. The van der Waals surface area contributed by atoms with Crippen LogP contribution >= 0.6 is 0 Å². The molecule has 0 aromatic heterocycles. The molecule has 0 spiro atoms. The van der Waals surface area contributed by atoms with E-state index in [0.29, 0.717) is 6.04 Å². The van der Waals surface area contributed by atoms with Crippen LogP contribution in [0.5, 0.6) is 0 Å². The van der Waals surface area contributed by atoms with Gasteiger partial charge in [-0.3, -0.25) is 4.90 Å². The Hall–Kier alpha value is -0.0800. The Labute approximate surface area is 93.7 Å². The van der Waals surface area contributed by atoms with Gasteiger partial charge >= 0.3 is 0 Å². The largest absolute Gasteiger partial charge is 0.391 e. The molecule has 1 aliphatic carbocycles. The van der Waals surface area contributed by atoms with Crippen molar-refractivity contribution in [3.05, 3.63) is 0 Å². The third-order valence-corrected chi connectivity index (χ3v) is 4.23. The molecule has 2 fully saturated rings. The third-order valence-electron chi connectivity index (χ3n) is 4.23. The summed E-state index contributed by atoms with van der Waals surface area (Å²) in [6.45, 7) is 5.85. The molecule has 2 rings (SSSR count). The number of rotatable bonds is 2. The van der Waals surface area contributed by atoms with Crippen molar-refractivity contribution in [2.24, 2.45) is 5.92 Å². The van der Waals surface area contributed by atoms with Gasteiger partial charge in [-0.2, -0.15) is 0 Å².